The highest BCUT2D eigenvalue weighted by atomic mass is 79.9. The lowest BCUT2D eigenvalue weighted by molar-refractivity contribution is -0.158. The molecule has 0 fully saturated rings. The van der Waals surface area contributed by atoms with E-state index in [0.29, 0.717) is 13.0 Å². The van der Waals surface area contributed by atoms with Gasteiger partial charge >= 0.3 is 11.9 Å². The minimum atomic E-state index is -0.447. The summed E-state index contributed by atoms with van der Waals surface area (Å²) in [5, 5.41) is 0.951. The largest absolute Gasteiger partial charge is 0.463 e. The van der Waals surface area contributed by atoms with Crippen LogP contribution in [-0.4, -0.2) is 30.5 Å². The van der Waals surface area contributed by atoms with Crippen LogP contribution in [0.25, 0.3) is 0 Å². The molecule has 21 heavy (non-hydrogen) atoms. The van der Waals surface area contributed by atoms with Crippen LogP contribution in [-0.2, 0) is 19.1 Å². The fraction of sp³-hybridized carbons (Fsp3) is 0.875. The maximum atomic E-state index is 11.4. The van der Waals surface area contributed by atoms with Gasteiger partial charge in [-0.15, -0.1) is 0 Å². The summed E-state index contributed by atoms with van der Waals surface area (Å²) in [7, 11) is 0. The van der Waals surface area contributed by atoms with Crippen molar-refractivity contribution in [2.45, 2.75) is 71.1 Å². The highest BCUT2D eigenvalue weighted by Gasteiger charge is 2.08. The first-order valence-electron chi connectivity index (χ1n) is 8.08. The van der Waals surface area contributed by atoms with Crippen molar-refractivity contribution < 1.29 is 19.1 Å². The van der Waals surface area contributed by atoms with E-state index in [1.807, 2.05) is 0 Å². The number of unbranched alkanes of at least 4 members (excludes halogenated alkanes) is 7. The Balaban J connectivity index is 3.35. The van der Waals surface area contributed by atoms with Crippen molar-refractivity contribution in [3.63, 3.8) is 0 Å². The number of hydrogen-bond donors (Lipinski definition) is 0. The third kappa shape index (κ3) is 15.6. The molecule has 0 bridgehead atoms. The van der Waals surface area contributed by atoms with Crippen LogP contribution in [0, 0.1) is 0 Å². The van der Waals surface area contributed by atoms with Crippen LogP contribution in [0.3, 0.4) is 0 Å². The summed E-state index contributed by atoms with van der Waals surface area (Å²) in [5.41, 5.74) is 0. The number of carbonyl (C=O) groups is 2. The molecule has 124 valence electrons. The first kappa shape index (κ1) is 20.4. The quantitative estimate of drug-likeness (QED) is 0.260. The van der Waals surface area contributed by atoms with Crippen molar-refractivity contribution in [1.29, 1.82) is 0 Å². The zero-order chi connectivity index (χ0) is 15.8. The van der Waals surface area contributed by atoms with Crippen LogP contribution in [0.15, 0.2) is 0 Å². The monoisotopic (exact) mass is 364 g/mol. The van der Waals surface area contributed by atoms with E-state index in [4.69, 9.17) is 9.47 Å². The van der Waals surface area contributed by atoms with Crippen LogP contribution in [0.2, 0.25) is 0 Å². The van der Waals surface area contributed by atoms with Crippen LogP contribution < -0.4 is 0 Å². The average molecular weight is 365 g/mol. The van der Waals surface area contributed by atoms with E-state index < -0.39 is 5.97 Å². The first-order valence-corrected chi connectivity index (χ1v) is 9.20. The standard InChI is InChI=1S/C16H29BrO4/c1-2-3-4-5-6-10-13-20-16(19)14-21-15(18)11-8-7-9-12-17/h2-14H2,1H3. The summed E-state index contributed by atoms with van der Waals surface area (Å²) < 4.78 is 9.89. The van der Waals surface area contributed by atoms with Gasteiger partial charge in [-0.3, -0.25) is 4.79 Å². The van der Waals surface area contributed by atoms with Gasteiger partial charge < -0.3 is 9.47 Å². The van der Waals surface area contributed by atoms with Gasteiger partial charge in [0.15, 0.2) is 6.61 Å². The molecule has 4 nitrogen and oxygen atoms in total. The molecule has 0 saturated heterocycles. The molecule has 0 unspecified atom stereocenters. The third-order valence-electron chi connectivity index (χ3n) is 3.13. The molecule has 0 radical (unpaired) electrons. The summed E-state index contributed by atoms with van der Waals surface area (Å²) in [6.07, 6.45) is 10.1. The highest BCUT2D eigenvalue weighted by Crippen LogP contribution is 2.05. The van der Waals surface area contributed by atoms with E-state index in [0.717, 1.165) is 37.4 Å². The fourth-order valence-electron chi connectivity index (χ4n) is 1.86. The van der Waals surface area contributed by atoms with Crippen molar-refractivity contribution in [3.05, 3.63) is 0 Å². The van der Waals surface area contributed by atoms with Crippen molar-refractivity contribution in [2.24, 2.45) is 0 Å². The van der Waals surface area contributed by atoms with E-state index in [2.05, 4.69) is 22.9 Å². The molecule has 5 heteroatoms. The Bertz CT molecular complexity index is 269. The van der Waals surface area contributed by atoms with Crippen LogP contribution in [0.4, 0.5) is 0 Å². The second-order valence-electron chi connectivity index (χ2n) is 5.15. The Morgan fingerprint density at radius 1 is 0.810 bits per heavy atom. The second-order valence-corrected chi connectivity index (χ2v) is 5.94. The molecule has 0 aromatic rings. The van der Waals surface area contributed by atoms with E-state index in [1.165, 1.54) is 25.7 Å². The highest BCUT2D eigenvalue weighted by molar-refractivity contribution is 9.09. The van der Waals surface area contributed by atoms with Gasteiger partial charge in [-0.25, -0.2) is 4.79 Å². The lowest BCUT2D eigenvalue weighted by atomic mass is 10.1. The van der Waals surface area contributed by atoms with Crippen LogP contribution >= 0.6 is 15.9 Å². The zero-order valence-electron chi connectivity index (χ0n) is 13.2. The molecule has 0 saturated carbocycles. The molecule has 0 N–H and O–H groups in total. The Labute approximate surface area is 137 Å². The molecular weight excluding hydrogens is 336 g/mol. The van der Waals surface area contributed by atoms with Crippen molar-refractivity contribution >= 4 is 27.9 Å². The molecule has 0 amide bonds. The van der Waals surface area contributed by atoms with Crippen molar-refractivity contribution in [2.75, 3.05) is 18.5 Å². The van der Waals surface area contributed by atoms with Gasteiger partial charge in [-0.2, -0.15) is 0 Å². The number of rotatable bonds is 14. The van der Waals surface area contributed by atoms with E-state index in [9.17, 15) is 9.59 Å². The molecule has 0 heterocycles. The first-order chi connectivity index (χ1) is 10.2. The molecule has 0 aliphatic heterocycles. The molecule has 0 atom stereocenters. The molecule has 0 aromatic carbocycles. The fourth-order valence-corrected chi connectivity index (χ4v) is 2.26. The number of halogens is 1. The Morgan fingerprint density at radius 3 is 2.19 bits per heavy atom. The number of hydrogen-bond acceptors (Lipinski definition) is 4. The Kier molecular flexibility index (Phi) is 15.4. The molecule has 0 spiro atoms. The second kappa shape index (κ2) is 15.8. The van der Waals surface area contributed by atoms with E-state index >= 15 is 0 Å². The summed E-state index contributed by atoms with van der Waals surface area (Å²) in [5.74, 6) is -0.765. The Hall–Kier alpha value is -0.580. The van der Waals surface area contributed by atoms with Gasteiger partial charge in [0.1, 0.15) is 0 Å². The number of esters is 2. The number of alkyl halides is 1. The van der Waals surface area contributed by atoms with Crippen LogP contribution in [0.5, 0.6) is 0 Å². The normalized spacial score (nSPS) is 10.4. The van der Waals surface area contributed by atoms with Crippen LogP contribution in [0.1, 0.15) is 71.1 Å². The van der Waals surface area contributed by atoms with E-state index in [1.54, 1.807) is 0 Å². The topological polar surface area (TPSA) is 52.6 Å². The average Bonchev–Trinajstić information content (AvgIpc) is 2.48. The maximum Gasteiger partial charge on any atom is 0.344 e. The van der Waals surface area contributed by atoms with Crippen molar-refractivity contribution in [3.8, 4) is 0 Å². The third-order valence-corrected chi connectivity index (χ3v) is 3.69. The summed E-state index contributed by atoms with van der Waals surface area (Å²) in [6, 6.07) is 0. The van der Waals surface area contributed by atoms with Crippen molar-refractivity contribution in [1.82, 2.24) is 0 Å². The lowest BCUT2D eigenvalue weighted by Crippen LogP contribution is -2.16. The minimum absolute atomic E-state index is 0.257. The van der Waals surface area contributed by atoms with E-state index in [-0.39, 0.29) is 12.6 Å². The predicted molar refractivity (Wildman–Crippen MR) is 87.6 cm³/mol. The SMILES string of the molecule is CCCCCCCCOC(=O)COC(=O)CCCCCBr. The molecule has 0 aliphatic rings. The molecule has 0 aliphatic carbocycles. The smallest absolute Gasteiger partial charge is 0.344 e. The summed E-state index contributed by atoms with van der Waals surface area (Å²) in [4.78, 5) is 22.7. The van der Waals surface area contributed by atoms with Gasteiger partial charge in [0.25, 0.3) is 0 Å². The molecule has 0 rings (SSSR count). The molecular formula is C16H29BrO4. The van der Waals surface area contributed by atoms with Gasteiger partial charge in [0.2, 0.25) is 0 Å². The maximum absolute atomic E-state index is 11.4. The van der Waals surface area contributed by atoms with Gasteiger partial charge in [-0.05, 0) is 19.3 Å². The number of ether oxygens (including phenoxy) is 2. The lowest BCUT2D eigenvalue weighted by Gasteiger charge is -2.06. The summed E-state index contributed by atoms with van der Waals surface area (Å²) >= 11 is 3.34. The predicted octanol–water partition coefficient (Wildman–Crippen LogP) is 4.39. The zero-order valence-corrected chi connectivity index (χ0v) is 14.8. The van der Waals surface area contributed by atoms with Gasteiger partial charge in [0.05, 0.1) is 6.61 Å². The van der Waals surface area contributed by atoms with Gasteiger partial charge in [0, 0.05) is 11.8 Å². The Morgan fingerprint density at radius 2 is 1.48 bits per heavy atom. The number of carbonyl (C=O) groups excluding carboxylic acids is 2. The minimum Gasteiger partial charge on any atom is -0.463 e. The molecule has 0 aromatic heterocycles. The van der Waals surface area contributed by atoms with Gasteiger partial charge in [-0.1, -0.05) is 61.4 Å². The summed E-state index contributed by atoms with van der Waals surface area (Å²) in [6.45, 7) is 2.35.